The van der Waals surface area contributed by atoms with Gasteiger partial charge in [-0.1, -0.05) is 26.7 Å². The van der Waals surface area contributed by atoms with Crippen LogP contribution in [0.5, 0.6) is 0 Å². The number of benzene rings is 1. The fourth-order valence-corrected chi connectivity index (χ4v) is 3.94. The topological polar surface area (TPSA) is 80.3 Å². The largest absolute Gasteiger partial charge is 0.418 e. The molecule has 1 aliphatic rings. The zero-order valence-electron chi connectivity index (χ0n) is 18.8. The predicted molar refractivity (Wildman–Crippen MR) is 118 cm³/mol. The van der Waals surface area contributed by atoms with Gasteiger partial charge < -0.3 is 9.32 Å². The second-order valence-electron chi connectivity index (χ2n) is 8.22. The summed E-state index contributed by atoms with van der Waals surface area (Å²) < 4.78 is 21.6. The number of unbranched alkanes of at least 4 members (excludes halogenated alkanes) is 2. The number of amides is 1. The molecule has 170 valence electrons. The second kappa shape index (κ2) is 9.60. The number of fused-ring (bicyclic) bond motifs is 3. The molecule has 1 aromatic carbocycles. The van der Waals surface area contributed by atoms with Crippen LogP contribution in [0.3, 0.4) is 0 Å². The van der Waals surface area contributed by atoms with E-state index >= 15 is 0 Å². The van der Waals surface area contributed by atoms with Gasteiger partial charge in [-0.15, -0.1) is 10.2 Å². The minimum Gasteiger partial charge on any atom is -0.418 e. The highest BCUT2D eigenvalue weighted by molar-refractivity contribution is 5.98. The third-order valence-electron chi connectivity index (χ3n) is 5.73. The lowest BCUT2D eigenvalue weighted by Crippen LogP contribution is -2.25. The molecule has 1 aliphatic heterocycles. The van der Waals surface area contributed by atoms with Gasteiger partial charge in [0.1, 0.15) is 12.1 Å². The first-order chi connectivity index (χ1) is 15.5. The summed E-state index contributed by atoms with van der Waals surface area (Å²) in [5.41, 5.74) is 2.16. The van der Waals surface area contributed by atoms with Crippen LogP contribution in [-0.4, -0.2) is 55.6 Å². The number of imidazole rings is 1. The second-order valence-corrected chi connectivity index (χ2v) is 8.22. The molecule has 0 saturated carbocycles. The molecule has 0 N–H and O–H groups in total. The Morgan fingerprint density at radius 1 is 1.16 bits per heavy atom. The summed E-state index contributed by atoms with van der Waals surface area (Å²) >= 11 is 0. The van der Waals surface area contributed by atoms with E-state index in [1.54, 1.807) is 24.0 Å². The van der Waals surface area contributed by atoms with Crippen molar-refractivity contribution in [3.05, 3.63) is 47.5 Å². The zero-order chi connectivity index (χ0) is 22.7. The Bertz CT molecular complexity index is 1080. The number of nitrogens with zero attached hydrogens (tertiary/aromatic N) is 6. The van der Waals surface area contributed by atoms with Gasteiger partial charge in [-0.3, -0.25) is 14.3 Å². The Kier molecular flexibility index (Phi) is 6.64. The van der Waals surface area contributed by atoms with E-state index in [2.05, 4.69) is 33.9 Å². The summed E-state index contributed by atoms with van der Waals surface area (Å²) in [6, 6.07) is 4.19. The number of aromatic nitrogens is 4. The van der Waals surface area contributed by atoms with Crippen molar-refractivity contribution in [1.29, 1.82) is 0 Å². The summed E-state index contributed by atoms with van der Waals surface area (Å²) in [6.45, 7) is 7.25. The van der Waals surface area contributed by atoms with E-state index in [1.165, 1.54) is 17.0 Å². The monoisotopic (exact) mass is 440 g/mol. The first-order valence-corrected chi connectivity index (χ1v) is 11.2. The molecule has 0 aliphatic carbocycles. The van der Waals surface area contributed by atoms with Crippen LogP contribution in [-0.2, 0) is 13.1 Å². The van der Waals surface area contributed by atoms with E-state index in [9.17, 15) is 9.18 Å². The van der Waals surface area contributed by atoms with Crippen LogP contribution in [0.4, 0.5) is 4.39 Å². The molecule has 9 heteroatoms. The Morgan fingerprint density at radius 2 is 1.91 bits per heavy atom. The quantitative estimate of drug-likeness (QED) is 0.499. The summed E-state index contributed by atoms with van der Waals surface area (Å²) in [5.74, 6) is 0.176. The van der Waals surface area contributed by atoms with Gasteiger partial charge in [0.25, 0.3) is 11.8 Å². The molecule has 2 aromatic heterocycles. The van der Waals surface area contributed by atoms with Crippen molar-refractivity contribution < 1.29 is 13.6 Å². The predicted octanol–water partition coefficient (Wildman–Crippen LogP) is 4.05. The highest BCUT2D eigenvalue weighted by Crippen LogP contribution is 2.30. The molecule has 32 heavy (non-hydrogen) atoms. The molecule has 8 nitrogen and oxygen atoms in total. The number of halogens is 1. The van der Waals surface area contributed by atoms with Crippen LogP contribution in [0.15, 0.2) is 28.9 Å². The lowest BCUT2D eigenvalue weighted by Gasteiger charge is -2.19. The number of carbonyl (C=O) groups excluding carboxylic acids is 1. The first-order valence-electron chi connectivity index (χ1n) is 11.2. The molecule has 1 amide bonds. The minimum absolute atomic E-state index is 0.247. The summed E-state index contributed by atoms with van der Waals surface area (Å²) in [7, 11) is 1.68. The van der Waals surface area contributed by atoms with Gasteiger partial charge >= 0.3 is 0 Å². The van der Waals surface area contributed by atoms with Gasteiger partial charge in [0, 0.05) is 7.05 Å². The molecule has 3 aromatic rings. The summed E-state index contributed by atoms with van der Waals surface area (Å²) in [6.07, 6.45) is 6.14. The minimum atomic E-state index is -0.452. The number of carbonyl (C=O) groups is 1. The number of hydrogen-bond donors (Lipinski definition) is 0. The van der Waals surface area contributed by atoms with E-state index in [-0.39, 0.29) is 5.91 Å². The van der Waals surface area contributed by atoms with Gasteiger partial charge in [0.2, 0.25) is 5.89 Å². The third-order valence-corrected chi connectivity index (χ3v) is 5.73. The van der Waals surface area contributed by atoms with E-state index in [0.29, 0.717) is 41.8 Å². The molecule has 4 rings (SSSR count). The number of rotatable bonds is 9. The van der Waals surface area contributed by atoms with Crippen LogP contribution in [0.1, 0.15) is 61.5 Å². The fraction of sp³-hybridized carbons (Fsp3) is 0.478. The zero-order valence-corrected chi connectivity index (χ0v) is 18.8. The fourth-order valence-electron chi connectivity index (χ4n) is 3.94. The van der Waals surface area contributed by atoms with E-state index in [0.717, 1.165) is 44.5 Å². The molecular formula is C23H29FN6O2. The molecule has 0 bridgehead atoms. The molecule has 0 saturated heterocycles. The van der Waals surface area contributed by atoms with Crippen LogP contribution < -0.4 is 0 Å². The standard InChI is InChI=1S/C23H29FN6O2/c1-4-6-10-29(11-7-5-2)14-20-26-27-22(32-20)21-19-13-28(3)23(31)17-12-16(24)8-9-18(17)30(19)15-25-21/h8-9,12,15H,4-7,10-11,13-14H2,1-3H3. The van der Waals surface area contributed by atoms with Gasteiger partial charge in [0.15, 0.2) is 5.69 Å². The molecule has 0 fully saturated rings. The Balaban J connectivity index is 1.63. The lowest BCUT2D eigenvalue weighted by molar-refractivity contribution is 0.0787. The van der Waals surface area contributed by atoms with Crippen molar-refractivity contribution in [3.8, 4) is 17.3 Å². The third kappa shape index (κ3) is 4.43. The summed E-state index contributed by atoms with van der Waals surface area (Å²) in [4.78, 5) is 21.2. The van der Waals surface area contributed by atoms with Gasteiger partial charge in [-0.25, -0.2) is 9.37 Å². The Morgan fingerprint density at radius 3 is 2.62 bits per heavy atom. The van der Waals surface area contributed by atoms with Crippen molar-refractivity contribution >= 4 is 5.91 Å². The van der Waals surface area contributed by atoms with Crippen molar-refractivity contribution in [2.24, 2.45) is 0 Å². The van der Waals surface area contributed by atoms with Gasteiger partial charge in [-0.05, 0) is 44.1 Å². The average molecular weight is 441 g/mol. The highest BCUT2D eigenvalue weighted by atomic mass is 19.1. The molecular weight excluding hydrogens is 411 g/mol. The van der Waals surface area contributed by atoms with Crippen LogP contribution in [0.2, 0.25) is 0 Å². The smallest absolute Gasteiger partial charge is 0.268 e. The normalized spacial score (nSPS) is 13.4. The lowest BCUT2D eigenvalue weighted by atomic mass is 10.1. The van der Waals surface area contributed by atoms with Crippen molar-refractivity contribution in [2.75, 3.05) is 20.1 Å². The molecule has 0 radical (unpaired) electrons. The molecule has 0 atom stereocenters. The maximum Gasteiger partial charge on any atom is 0.268 e. The van der Waals surface area contributed by atoms with Crippen LogP contribution >= 0.6 is 0 Å². The van der Waals surface area contributed by atoms with E-state index in [4.69, 9.17) is 4.42 Å². The number of hydrogen-bond acceptors (Lipinski definition) is 6. The first kappa shape index (κ1) is 22.1. The molecule has 0 spiro atoms. The van der Waals surface area contributed by atoms with Gasteiger partial charge in [0.05, 0.1) is 30.0 Å². The Labute approximate surface area is 187 Å². The highest BCUT2D eigenvalue weighted by Gasteiger charge is 2.28. The average Bonchev–Trinajstić information content (AvgIpc) is 3.39. The molecule has 3 heterocycles. The van der Waals surface area contributed by atoms with Crippen molar-refractivity contribution in [1.82, 2.24) is 29.5 Å². The SMILES string of the molecule is CCCCN(CCCC)Cc1nnc(-c2ncn3c2CN(C)C(=O)c2cc(F)ccc2-3)o1. The maximum absolute atomic E-state index is 13.8. The van der Waals surface area contributed by atoms with E-state index < -0.39 is 5.82 Å². The summed E-state index contributed by atoms with van der Waals surface area (Å²) in [5, 5.41) is 8.50. The van der Waals surface area contributed by atoms with Gasteiger partial charge in [-0.2, -0.15) is 0 Å². The Hall–Kier alpha value is -3.07. The van der Waals surface area contributed by atoms with E-state index in [1.807, 2.05) is 0 Å². The molecule has 0 unspecified atom stereocenters. The maximum atomic E-state index is 13.8. The van der Waals surface area contributed by atoms with Crippen molar-refractivity contribution in [2.45, 2.75) is 52.6 Å². The van der Waals surface area contributed by atoms with Crippen molar-refractivity contribution in [3.63, 3.8) is 0 Å². The van der Waals surface area contributed by atoms with Crippen LogP contribution in [0, 0.1) is 5.82 Å². The van der Waals surface area contributed by atoms with Crippen LogP contribution in [0.25, 0.3) is 17.3 Å².